The molecule has 0 aliphatic heterocycles. The number of rotatable bonds is 3. The molecular weight excluding hydrogens is 364 g/mol. The quantitative estimate of drug-likeness (QED) is 0.712. The van der Waals surface area contributed by atoms with E-state index in [1.807, 2.05) is 0 Å². The number of carbonyl (C=O) groups is 1. The zero-order valence-electron chi connectivity index (χ0n) is 16.8. The summed E-state index contributed by atoms with van der Waals surface area (Å²) in [7, 11) is -4.37. The van der Waals surface area contributed by atoms with Gasteiger partial charge in [-0.05, 0) is 99.2 Å². The van der Waals surface area contributed by atoms with Crippen LogP contribution in [0.1, 0.15) is 78.6 Å². The van der Waals surface area contributed by atoms with Crippen LogP contribution in [-0.2, 0) is 19.4 Å². The lowest BCUT2D eigenvalue weighted by atomic mass is 9.44. The molecule has 27 heavy (non-hydrogen) atoms. The van der Waals surface area contributed by atoms with E-state index in [2.05, 4.69) is 13.8 Å². The highest BCUT2D eigenvalue weighted by atomic mass is 32.3. The predicted molar refractivity (Wildman–Crippen MR) is 102 cm³/mol. The van der Waals surface area contributed by atoms with Crippen LogP contribution in [0.25, 0.3) is 0 Å². The first-order valence-electron chi connectivity index (χ1n) is 10.7. The molecule has 4 aliphatic carbocycles. The van der Waals surface area contributed by atoms with Gasteiger partial charge in [0.2, 0.25) is 0 Å². The van der Waals surface area contributed by atoms with Gasteiger partial charge in [0.15, 0.2) is 0 Å². The second-order valence-corrected chi connectivity index (χ2v) is 11.4. The van der Waals surface area contributed by atoms with E-state index in [9.17, 15) is 13.2 Å². The first kappa shape index (κ1) is 19.8. The van der Waals surface area contributed by atoms with Crippen molar-refractivity contribution in [3.63, 3.8) is 0 Å². The van der Waals surface area contributed by atoms with Crippen molar-refractivity contribution in [1.82, 2.24) is 0 Å². The lowest BCUT2D eigenvalue weighted by Gasteiger charge is -2.61. The lowest BCUT2D eigenvalue weighted by molar-refractivity contribution is -0.137. The Labute approximate surface area is 163 Å². The van der Waals surface area contributed by atoms with Crippen molar-refractivity contribution in [3.05, 3.63) is 0 Å². The Kier molecular flexibility index (Phi) is 4.80. The van der Waals surface area contributed by atoms with Crippen LogP contribution in [0.2, 0.25) is 0 Å². The van der Waals surface area contributed by atoms with E-state index in [1.165, 1.54) is 19.3 Å². The number of hydrogen-bond donors (Lipinski definition) is 1. The molecule has 154 valence electrons. The van der Waals surface area contributed by atoms with Crippen molar-refractivity contribution >= 4 is 16.2 Å². The molecule has 0 bridgehead atoms. The van der Waals surface area contributed by atoms with Gasteiger partial charge in [-0.25, -0.2) is 4.18 Å². The van der Waals surface area contributed by atoms with Crippen LogP contribution >= 0.6 is 0 Å². The fourth-order valence-electron chi connectivity index (χ4n) is 8.15. The average molecular weight is 399 g/mol. The van der Waals surface area contributed by atoms with E-state index in [0.29, 0.717) is 35.9 Å². The van der Waals surface area contributed by atoms with Gasteiger partial charge in [-0.15, -0.1) is 0 Å². The molecule has 4 rings (SSSR count). The predicted octanol–water partition coefficient (Wildman–Crippen LogP) is 4.42. The van der Waals surface area contributed by atoms with Gasteiger partial charge in [-0.1, -0.05) is 13.8 Å². The molecule has 0 aromatic heterocycles. The van der Waals surface area contributed by atoms with Crippen molar-refractivity contribution < 1.29 is 21.9 Å². The summed E-state index contributed by atoms with van der Waals surface area (Å²) in [5.74, 6) is 3.12. The highest BCUT2D eigenvalue weighted by molar-refractivity contribution is 7.80. The van der Waals surface area contributed by atoms with Crippen molar-refractivity contribution in [2.75, 3.05) is 0 Å². The first-order valence-corrected chi connectivity index (χ1v) is 12.1. The molecule has 0 aromatic rings. The summed E-state index contributed by atoms with van der Waals surface area (Å²) in [6.07, 6.45) is 8.92. The van der Waals surface area contributed by atoms with Gasteiger partial charge in [0, 0.05) is 5.92 Å². The van der Waals surface area contributed by atoms with Gasteiger partial charge in [0.25, 0.3) is 0 Å². The second-order valence-electron chi connectivity index (χ2n) is 10.4. The molecule has 4 aliphatic rings. The molecule has 8 atom stereocenters. The van der Waals surface area contributed by atoms with Crippen molar-refractivity contribution in [2.45, 2.75) is 84.7 Å². The number of hydrogen-bond acceptors (Lipinski definition) is 4. The van der Waals surface area contributed by atoms with Crippen LogP contribution in [0.4, 0.5) is 0 Å². The molecule has 0 radical (unpaired) electrons. The zero-order chi connectivity index (χ0) is 19.6. The highest BCUT2D eigenvalue weighted by Crippen LogP contribution is 2.67. The highest BCUT2D eigenvalue weighted by Gasteiger charge is 2.60. The van der Waals surface area contributed by atoms with E-state index >= 15 is 0 Å². The monoisotopic (exact) mass is 398 g/mol. The van der Waals surface area contributed by atoms with Crippen LogP contribution in [0.5, 0.6) is 0 Å². The van der Waals surface area contributed by atoms with Crippen LogP contribution in [0, 0.1) is 40.4 Å². The van der Waals surface area contributed by atoms with Crippen LogP contribution in [0.15, 0.2) is 0 Å². The van der Waals surface area contributed by atoms with E-state index in [-0.39, 0.29) is 22.9 Å². The summed E-state index contributed by atoms with van der Waals surface area (Å²) in [6.45, 7) is 6.57. The van der Waals surface area contributed by atoms with Gasteiger partial charge >= 0.3 is 10.4 Å². The lowest BCUT2D eigenvalue weighted by Crippen LogP contribution is -2.54. The summed E-state index contributed by atoms with van der Waals surface area (Å²) >= 11 is 0. The summed E-state index contributed by atoms with van der Waals surface area (Å²) < 4.78 is 36.2. The summed E-state index contributed by atoms with van der Waals surface area (Å²) in [6, 6.07) is 0. The van der Waals surface area contributed by atoms with E-state index < -0.39 is 10.4 Å². The van der Waals surface area contributed by atoms with Gasteiger partial charge < -0.3 is 0 Å². The molecule has 0 heterocycles. The van der Waals surface area contributed by atoms with Crippen molar-refractivity contribution in [1.29, 1.82) is 0 Å². The van der Waals surface area contributed by atoms with Crippen LogP contribution in [0.3, 0.4) is 0 Å². The minimum Gasteiger partial charge on any atom is -0.300 e. The van der Waals surface area contributed by atoms with Gasteiger partial charge in [-0.2, -0.15) is 8.42 Å². The Bertz CT molecular complexity index is 718. The van der Waals surface area contributed by atoms with Gasteiger partial charge in [0.1, 0.15) is 5.78 Å². The topological polar surface area (TPSA) is 80.7 Å². The summed E-state index contributed by atoms with van der Waals surface area (Å²) in [4.78, 5) is 12.2. The van der Waals surface area contributed by atoms with Crippen molar-refractivity contribution in [2.24, 2.45) is 40.4 Å². The maximum absolute atomic E-state index is 12.2. The molecule has 1 N–H and O–H groups in total. The van der Waals surface area contributed by atoms with E-state index in [1.54, 1.807) is 6.92 Å². The number of carbonyl (C=O) groups excluding carboxylic acids is 1. The Morgan fingerprint density at radius 3 is 2.30 bits per heavy atom. The molecule has 0 saturated heterocycles. The minimum absolute atomic E-state index is 0.182. The molecule has 0 amide bonds. The normalized spacial score (nSPS) is 49.8. The SMILES string of the molecule is CC(=O)[C@H]1CC[C@H]2[C@@H]3CC[C@@H]4C[C@H](OS(=O)(=O)O)CC[C@]4(C)[C@H]3CC[C@]12C. The fraction of sp³-hybridized carbons (Fsp3) is 0.952. The molecular formula is C21H34O5S. The second kappa shape index (κ2) is 6.53. The molecule has 0 aromatic carbocycles. The third kappa shape index (κ3) is 3.20. The van der Waals surface area contributed by atoms with Crippen molar-refractivity contribution in [3.8, 4) is 0 Å². The molecule has 0 spiro atoms. The number of fused-ring (bicyclic) bond motifs is 5. The molecule has 4 saturated carbocycles. The van der Waals surface area contributed by atoms with E-state index in [0.717, 1.165) is 32.1 Å². The van der Waals surface area contributed by atoms with Gasteiger partial charge in [0.05, 0.1) is 6.10 Å². The summed E-state index contributed by atoms with van der Waals surface area (Å²) in [5, 5.41) is 0. The molecule has 0 unspecified atom stereocenters. The third-order valence-corrected chi connectivity index (χ3v) is 9.88. The Balaban J connectivity index is 1.53. The first-order chi connectivity index (χ1) is 12.5. The Morgan fingerprint density at radius 2 is 1.63 bits per heavy atom. The van der Waals surface area contributed by atoms with Crippen LogP contribution < -0.4 is 0 Å². The smallest absolute Gasteiger partial charge is 0.300 e. The zero-order valence-corrected chi connectivity index (χ0v) is 17.6. The van der Waals surface area contributed by atoms with E-state index in [4.69, 9.17) is 8.74 Å². The molecule has 5 nitrogen and oxygen atoms in total. The standard InChI is InChI=1S/C21H34O5S/c1-13(22)17-6-7-18-16-5-4-14-12-15(26-27(23,24)25)8-10-20(14,2)19(16)9-11-21(17,18)3/h14-19H,4-12H2,1-3H3,(H,23,24,25)/t14-,15-,16+,17-,18+,19+,20+,21-/m1/s1. The average Bonchev–Trinajstić information content (AvgIpc) is 2.91. The maximum atomic E-state index is 12.2. The van der Waals surface area contributed by atoms with Crippen LogP contribution in [-0.4, -0.2) is 24.9 Å². The van der Waals surface area contributed by atoms with Gasteiger partial charge in [-0.3, -0.25) is 9.35 Å². The summed E-state index contributed by atoms with van der Waals surface area (Å²) in [5.41, 5.74) is 0.416. The number of Topliss-reactive ketones (excluding diaryl/α,β-unsaturated/α-hetero) is 1. The number of ketones is 1. The Hall–Kier alpha value is -0.460. The molecule has 6 heteroatoms. The fourth-order valence-corrected chi connectivity index (χ4v) is 8.66. The molecule has 4 fully saturated rings. The minimum atomic E-state index is -4.37. The maximum Gasteiger partial charge on any atom is 0.397 e. The largest absolute Gasteiger partial charge is 0.397 e. The third-order valence-electron chi connectivity index (χ3n) is 9.37. The Morgan fingerprint density at radius 1 is 0.963 bits per heavy atom.